The lowest BCUT2D eigenvalue weighted by Gasteiger charge is -2.25. The highest BCUT2D eigenvalue weighted by Crippen LogP contribution is 2.26. The van der Waals surface area contributed by atoms with Crippen LogP contribution in [0.4, 0.5) is 5.82 Å². The highest BCUT2D eigenvalue weighted by molar-refractivity contribution is 5.50. The van der Waals surface area contributed by atoms with Crippen LogP contribution in [0.5, 0.6) is 0 Å². The fraction of sp³-hybridized carbons (Fsp3) is 0.688. The molecular weight excluding hydrogens is 250 g/mol. The fourth-order valence-electron chi connectivity index (χ4n) is 2.68. The number of ether oxygens (including phenoxy) is 1. The molecular formula is C16H27N3O. The van der Waals surface area contributed by atoms with Crippen LogP contribution in [0.3, 0.4) is 0 Å². The predicted octanol–water partition coefficient (Wildman–Crippen LogP) is 2.28. The zero-order valence-corrected chi connectivity index (χ0v) is 13.0. The average Bonchev–Trinajstić information content (AvgIpc) is 2.45. The van der Waals surface area contributed by atoms with E-state index in [0.717, 1.165) is 37.4 Å². The third kappa shape index (κ3) is 3.70. The molecule has 0 aliphatic heterocycles. The highest BCUT2D eigenvalue weighted by Gasteiger charge is 2.16. The Labute approximate surface area is 122 Å². The molecule has 20 heavy (non-hydrogen) atoms. The van der Waals surface area contributed by atoms with Crippen LogP contribution in [0.1, 0.15) is 43.5 Å². The van der Waals surface area contributed by atoms with Gasteiger partial charge in [0.15, 0.2) is 0 Å². The van der Waals surface area contributed by atoms with Crippen LogP contribution in [-0.4, -0.2) is 31.3 Å². The molecule has 0 saturated heterocycles. The van der Waals surface area contributed by atoms with Gasteiger partial charge in [0.2, 0.25) is 0 Å². The number of hydrogen-bond acceptors (Lipinski definition) is 4. The van der Waals surface area contributed by atoms with Gasteiger partial charge in [-0.3, -0.25) is 0 Å². The van der Waals surface area contributed by atoms with Gasteiger partial charge >= 0.3 is 0 Å². The first-order valence-electron chi connectivity index (χ1n) is 7.66. The number of rotatable bonds is 6. The molecule has 1 heterocycles. The summed E-state index contributed by atoms with van der Waals surface area (Å²) in [4.78, 5) is 7.04. The van der Waals surface area contributed by atoms with Crippen molar-refractivity contribution in [1.82, 2.24) is 4.98 Å². The Balaban J connectivity index is 2.12. The normalized spacial score (nSPS) is 14.4. The molecule has 4 nitrogen and oxygen atoms in total. The van der Waals surface area contributed by atoms with Crippen molar-refractivity contribution in [3.05, 3.63) is 22.9 Å². The van der Waals surface area contributed by atoms with Gasteiger partial charge in [0.1, 0.15) is 5.82 Å². The molecule has 0 amide bonds. The molecule has 1 aromatic rings. The molecule has 1 aromatic heterocycles. The predicted molar refractivity (Wildman–Crippen MR) is 83.1 cm³/mol. The van der Waals surface area contributed by atoms with Gasteiger partial charge in [0, 0.05) is 31.4 Å². The third-order valence-corrected chi connectivity index (χ3v) is 3.82. The molecule has 0 aromatic carbocycles. The summed E-state index contributed by atoms with van der Waals surface area (Å²) >= 11 is 0. The van der Waals surface area contributed by atoms with Crippen molar-refractivity contribution in [2.24, 2.45) is 5.73 Å². The monoisotopic (exact) mass is 277 g/mol. The van der Waals surface area contributed by atoms with E-state index >= 15 is 0 Å². The van der Waals surface area contributed by atoms with E-state index in [-0.39, 0.29) is 6.10 Å². The van der Waals surface area contributed by atoms with E-state index in [1.807, 2.05) is 0 Å². The standard InChI is InChI=1S/C16H27N3O/c1-12(2)20-9-8-19(3)16-14(11-17)10-13-6-4-5-7-15(13)18-16/h10,12H,4-9,11,17H2,1-3H3. The second-order valence-corrected chi connectivity index (χ2v) is 5.83. The van der Waals surface area contributed by atoms with E-state index in [1.165, 1.54) is 24.1 Å². The van der Waals surface area contributed by atoms with E-state index < -0.39 is 0 Å². The summed E-state index contributed by atoms with van der Waals surface area (Å²) in [6.45, 7) is 6.23. The zero-order valence-electron chi connectivity index (χ0n) is 13.0. The molecule has 0 bridgehead atoms. The lowest BCUT2D eigenvalue weighted by atomic mass is 9.94. The first-order valence-corrected chi connectivity index (χ1v) is 7.66. The van der Waals surface area contributed by atoms with E-state index in [4.69, 9.17) is 15.5 Å². The summed E-state index contributed by atoms with van der Waals surface area (Å²) in [6, 6.07) is 2.26. The van der Waals surface area contributed by atoms with Gasteiger partial charge in [0.05, 0.1) is 12.7 Å². The Bertz CT molecular complexity index is 446. The Morgan fingerprint density at radius 3 is 2.80 bits per heavy atom. The van der Waals surface area contributed by atoms with Gasteiger partial charge in [0.25, 0.3) is 0 Å². The van der Waals surface area contributed by atoms with Crippen molar-refractivity contribution in [2.75, 3.05) is 25.1 Å². The maximum Gasteiger partial charge on any atom is 0.133 e. The first kappa shape index (κ1) is 15.3. The van der Waals surface area contributed by atoms with E-state index in [2.05, 4.69) is 31.9 Å². The molecule has 2 N–H and O–H groups in total. The smallest absolute Gasteiger partial charge is 0.133 e. The summed E-state index contributed by atoms with van der Waals surface area (Å²) in [5, 5.41) is 0. The molecule has 112 valence electrons. The summed E-state index contributed by atoms with van der Waals surface area (Å²) in [6.07, 6.45) is 5.05. The van der Waals surface area contributed by atoms with Crippen LogP contribution in [0.25, 0.3) is 0 Å². The number of anilines is 1. The number of pyridine rings is 1. The van der Waals surface area contributed by atoms with Gasteiger partial charge in [-0.2, -0.15) is 0 Å². The minimum atomic E-state index is 0.272. The molecule has 1 aliphatic carbocycles. The van der Waals surface area contributed by atoms with Crippen LogP contribution < -0.4 is 10.6 Å². The second kappa shape index (κ2) is 7.04. The number of aromatic nitrogens is 1. The summed E-state index contributed by atoms with van der Waals surface area (Å²) < 4.78 is 5.62. The molecule has 0 radical (unpaired) electrons. The maximum absolute atomic E-state index is 5.90. The molecule has 2 rings (SSSR count). The molecule has 4 heteroatoms. The Kier molecular flexibility index (Phi) is 5.38. The largest absolute Gasteiger partial charge is 0.377 e. The number of aryl methyl sites for hydroxylation is 2. The lowest BCUT2D eigenvalue weighted by Crippen LogP contribution is -2.27. The number of nitrogens with zero attached hydrogens (tertiary/aromatic N) is 2. The van der Waals surface area contributed by atoms with Crippen LogP contribution in [0.15, 0.2) is 6.07 Å². The maximum atomic E-state index is 5.90. The topological polar surface area (TPSA) is 51.4 Å². The minimum Gasteiger partial charge on any atom is -0.377 e. The SMILES string of the molecule is CC(C)OCCN(C)c1nc2c(cc1CN)CCCC2. The molecule has 0 saturated carbocycles. The first-order chi connectivity index (χ1) is 9.61. The Hall–Kier alpha value is -1.13. The van der Waals surface area contributed by atoms with Gasteiger partial charge < -0.3 is 15.4 Å². The molecule has 1 aliphatic rings. The number of likely N-dealkylation sites (N-methyl/N-ethyl adjacent to an activating group) is 1. The van der Waals surface area contributed by atoms with Crippen LogP contribution in [-0.2, 0) is 24.1 Å². The van der Waals surface area contributed by atoms with Gasteiger partial charge in [-0.15, -0.1) is 0 Å². The van der Waals surface area contributed by atoms with E-state index in [1.54, 1.807) is 0 Å². The number of nitrogens with two attached hydrogens (primary N) is 1. The van der Waals surface area contributed by atoms with Gasteiger partial charge in [-0.1, -0.05) is 0 Å². The zero-order chi connectivity index (χ0) is 14.5. The summed E-state index contributed by atoms with van der Waals surface area (Å²) in [5.74, 6) is 1.03. The van der Waals surface area contributed by atoms with Crippen molar-refractivity contribution in [3.8, 4) is 0 Å². The summed E-state index contributed by atoms with van der Waals surface area (Å²) in [7, 11) is 2.07. The van der Waals surface area contributed by atoms with Crippen LogP contribution in [0, 0.1) is 0 Å². The van der Waals surface area contributed by atoms with Gasteiger partial charge in [-0.05, 0) is 51.2 Å². The second-order valence-electron chi connectivity index (χ2n) is 5.83. The average molecular weight is 277 g/mol. The molecule has 0 fully saturated rings. The number of hydrogen-bond donors (Lipinski definition) is 1. The minimum absolute atomic E-state index is 0.272. The molecule has 0 spiro atoms. The van der Waals surface area contributed by atoms with Crippen molar-refractivity contribution >= 4 is 5.82 Å². The van der Waals surface area contributed by atoms with Crippen LogP contribution >= 0.6 is 0 Å². The van der Waals surface area contributed by atoms with E-state index in [0.29, 0.717) is 6.54 Å². The van der Waals surface area contributed by atoms with Crippen molar-refractivity contribution < 1.29 is 4.74 Å². The van der Waals surface area contributed by atoms with Crippen molar-refractivity contribution in [1.29, 1.82) is 0 Å². The van der Waals surface area contributed by atoms with Gasteiger partial charge in [-0.25, -0.2) is 4.98 Å². The third-order valence-electron chi connectivity index (χ3n) is 3.82. The molecule has 0 unspecified atom stereocenters. The van der Waals surface area contributed by atoms with Crippen molar-refractivity contribution in [2.45, 2.75) is 52.2 Å². The van der Waals surface area contributed by atoms with Crippen molar-refractivity contribution in [3.63, 3.8) is 0 Å². The Morgan fingerprint density at radius 1 is 1.35 bits per heavy atom. The lowest BCUT2D eigenvalue weighted by molar-refractivity contribution is 0.0845. The highest BCUT2D eigenvalue weighted by atomic mass is 16.5. The quantitative estimate of drug-likeness (QED) is 0.866. The van der Waals surface area contributed by atoms with E-state index in [9.17, 15) is 0 Å². The van der Waals surface area contributed by atoms with Crippen LogP contribution in [0.2, 0.25) is 0 Å². The summed E-state index contributed by atoms with van der Waals surface area (Å²) in [5.41, 5.74) is 9.71. The Morgan fingerprint density at radius 2 is 2.10 bits per heavy atom. The fourth-order valence-corrected chi connectivity index (χ4v) is 2.68. The number of fused-ring (bicyclic) bond motifs is 1. The molecule has 0 atom stereocenters.